The molecule has 0 radical (unpaired) electrons. The quantitative estimate of drug-likeness (QED) is 0.585. The van der Waals surface area contributed by atoms with E-state index in [1.54, 1.807) is 18.2 Å². The maximum Gasteiger partial charge on any atom is 0.335 e. The van der Waals surface area contributed by atoms with Crippen LogP contribution in [0.2, 0.25) is 10.0 Å². The fourth-order valence-electron chi connectivity index (χ4n) is 2.59. The molecule has 3 rings (SSSR count). The topological polar surface area (TPSA) is 86.7 Å². The molecule has 0 aliphatic carbocycles. The first-order valence-electron chi connectivity index (χ1n) is 7.85. The van der Waals surface area contributed by atoms with Gasteiger partial charge in [0.15, 0.2) is 5.75 Å². The third kappa shape index (κ3) is 3.54. The van der Waals surface area contributed by atoms with Crippen LogP contribution in [0.3, 0.4) is 0 Å². The number of imide groups is 2. The van der Waals surface area contributed by atoms with Crippen molar-refractivity contribution in [2.45, 2.75) is 13.8 Å². The van der Waals surface area contributed by atoms with Gasteiger partial charge in [0.1, 0.15) is 5.57 Å². The van der Waals surface area contributed by atoms with Gasteiger partial charge in [0.05, 0.1) is 15.7 Å². The Morgan fingerprint density at radius 1 is 1.00 bits per heavy atom. The molecule has 138 valence electrons. The minimum absolute atomic E-state index is 0.0277. The molecule has 1 aliphatic rings. The van der Waals surface area contributed by atoms with Crippen LogP contribution in [0.1, 0.15) is 16.7 Å². The first kappa shape index (κ1) is 18.9. The second kappa shape index (κ2) is 7.06. The highest BCUT2D eigenvalue weighted by atomic mass is 35.5. The lowest BCUT2D eigenvalue weighted by atomic mass is 10.0. The van der Waals surface area contributed by atoms with Gasteiger partial charge in [0.25, 0.3) is 11.8 Å². The van der Waals surface area contributed by atoms with E-state index in [4.69, 9.17) is 23.2 Å². The van der Waals surface area contributed by atoms with Crippen LogP contribution in [0.25, 0.3) is 6.08 Å². The smallest absolute Gasteiger partial charge is 0.335 e. The molecule has 1 saturated heterocycles. The summed E-state index contributed by atoms with van der Waals surface area (Å²) in [5.41, 5.74) is 2.32. The number of hydrogen-bond donors (Lipinski definition) is 2. The standard InChI is InChI=1S/C19H14Cl2N2O4/c1-9-3-4-12(5-10(9)2)23-18(26)13(17(25)22-19(23)27)6-11-7-14(20)16(24)15(21)8-11/h3-8,24H,1-2H3,(H,22,25,27). The van der Waals surface area contributed by atoms with Gasteiger partial charge in [-0.15, -0.1) is 0 Å². The normalized spacial score (nSPS) is 16.1. The van der Waals surface area contributed by atoms with Gasteiger partial charge in [-0.25, -0.2) is 9.69 Å². The number of rotatable bonds is 2. The summed E-state index contributed by atoms with van der Waals surface area (Å²) in [5.74, 6) is -1.90. The van der Waals surface area contributed by atoms with Gasteiger partial charge in [0.2, 0.25) is 0 Å². The number of aryl methyl sites for hydroxylation is 2. The second-order valence-electron chi connectivity index (χ2n) is 6.06. The number of halogens is 2. The third-order valence-electron chi connectivity index (χ3n) is 4.20. The molecular formula is C19H14Cl2N2O4. The number of nitrogens with zero attached hydrogens (tertiary/aromatic N) is 1. The number of phenolic OH excluding ortho intramolecular Hbond substituents is 1. The molecule has 4 amide bonds. The maximum atomic E-state index is 12.8. The first-order valence-corrected chi connectivity index (χ1v) is 8.61. The zero-order chi connectivity index (χ0) is 19.9. The lowest BCUT2D eigenvalue weighted by molar-refractivity contribution is -0.122. The second-order valence-corrected chi connectivity index (χ2v) is 6.87. The van der Waals surface area contributed by atoms with E-state index in [0.717, 1.165) is 16.0 Å². The van der Waals surface area contributed by atoms with Crippen LogP contribution in [0.4, 0.5) is 10.5 Å². The zero-order valence-corrected chi connectivity index (χ0v) is 15.9. The molecule has 1 heterocycles. The molecule has 0 unspecified atom stereocenters. The summed E-state index contributed by atoms with van der Waals surface area (Å²) in [7, 11) is 0. The third-order valence-corrected chi connectivity index (χ3v) is 4.78. The number of anilines is 1. The van der Waals surface area contributed by atoms with E-state index in [2.05, 4.69) is 5.32 Å². The summed E-state index contributed by atoms with van der Waals surface area (Å²) in [5, 5.41) is 11.7. The Labute approximate surface area is 165 Å². The molecule has 1 aliphatic heterocycles. The van der Waals surface area contributed by atoms with Gasteiger partial charge >= 0.3 is 6.03 Å². The minimum Gasteiger partial charge on any atom is -0.505 e. The molecule has 27 heavy (non-hydrogen) atoms. The number of nitrogens with one attached hydrogen (secondary N) is 1. The molecule has 6 nitrogen and oxygen atoms in total. The molecule has 2 N–H and O–H groups in total. The van der Waals surface area contributed by atoms with Gasteiger partial charge in [-0.2, -0.15) is 0 Å². The number of carbonyl (C=O) groups is 3. The molecule has 0 atom stereocenters. The monoisotopic (exact) mass is 404 g/mol. The van der Waals surface area contributed by atoms with Gasteiger partial charge in [-0.1, -0.05) is 29.3 Å². The molecule has 0 spiro atoms. The van der Waals surface area contributed by atoms with E-state index in [9.17, 15) is 19.5 Å². The van der Waals surface area contributed by atoms with Gasteiger partial charge in [-0.05, 0) is 60.9 Å². The highest BCUT2D eigenvalue weighted by molar-refractivity contribution is 6.40. The average Bonchev–Trinajstić information content (AvgIpc) is 2.59. The van der Waals surface area contributed by atoms with Gasteiger partial charge in [0, 0.05) is 0 Å². The molecule has 2 aromatic carbocycles. The van der Waals surface area contributed by atoms with E-state index < -0.39 is 17.8 Å². The summed E-state index contributed by atoms with van der Waals surface area (Å²) in [6.45, 7) is 3.76. The van der Waals surface area contributed by atoms with E-state index >= 15 is 0 Å². The van der Waals surface area contributed by atoms with E-state index in [1.807, 2.05) is 13.8 Å². The molecule has 0 saturated carbocycles. The summed E-state index contributed by atoms with van der Waals surface area (Å²) >= 11 is 11.8. The largest absolute Gasteiger partial charge is 0.505 e. The lowest BCUT2D eigenvalue weighted by Gasteiger charge is -2.26. The van der Waals surface area contributed by atoms with Crippen molar-refractivity contribution in [2.24, 2.45) is 0 Å². The summed E-state index contributed by atoms with van der Waals surface area (Å²) in [6.07, 6.45) is 1.26. The van der Waals surface area contributed by atoms with Crippen molar-refractivity contribution in [2.75, 3.05) is 4.90 Å². The van der Waals surface area contributed by atoms with Crippen molar-refractivity contribution in [1.29, 1.82) is 0 Å². The van der Waals surface area contributed by atoms with Crippen LogP contribution in [-0.4, -0.2) is 23.0 Å². The summed E-state index contributed by atoms with van der Waals surface area (Å²) < 4.78 is 0. The fourth-order valence-corrected chi connectivity index (χ4v) is 3.10. The molecular weight excluding hydrogens is 391 g/mol. The predicted molar refractivity (Wildman–Crippen MR) is 103 cm³/mol. The van der Waals surface area contributed by atoms with Crippen molar-refractivity contribution in [3.8, 4) is 5.75 Å². The lowest BCUT2D eigenvalue weighted by Crippen LogP contribution is -2.54. The SMILES string of the molecule is Cc1ccc(N2C(=O)NC(=O)C(=Cc3cc(Cl)c(O)c(Cl)c3)C2=O)cc1C. The van der Waals surface area contributed by atoms with E-state index in [0.29, 0.717) is 11.3 Å². The molecule has 1 fully saturated rings. The Morgan fingerprint density at radius 2 is 1.63 bits per heavy atom. The Hall–Kier alpha value is -2.83. The van der Waals surface area contributed by atoms with Crippen LogP contribution in [-0.2, 0) is 9.59 Å². The highest BCUT2D eigenvalue weighted by Gasteiger charge is 2.36. The summed E-state index contributed by atoms with van der Waals surface area (Å²) in [6, 6.07) is 6.98. The first-order chi connectivity index (χ1) is 12.7. The molecule has 0 aromatic heterocycles. The van der Waals surface area contributed by atoms with Crippen LogP contribution < -0.4 is 10.2 Å². The predicted octanol–water partition coefficient (Wildman–Crippen LogP) is 3.98. The van der Waals surface area contributed by atoms with Crippen LogP contribution in [0, 0.1) is 13.8 Å². The summed E-state index contributed by atoms with van der Waals surface area (Å²) in [4.78, 5) is 38.2. The number of aromatic hydroxyl groups is 1. The van der Waals surface area contributed by atoms with Crippen LogP contribution >= 0.6 is 23.2 Å². The van der Waals surface area contributed by atoms with E-state index in [-0.39, 0.29) is 21.4 Å². The van der Waals surface area contributed by atoms with Gasteiger partial charge in [-0.3, -0.25) is 14.9 Å². The molecule has 2 aromatic rings. The van der Waals surface area contributed by atoms with Crippen LogP contribution in [0.15, 0.2) is 35.9 Å². The Morgan fingerprint density at radius 3 is 2.22 bits per heavy atom. The van der Waals surface area contributed by atoms with Crippen molar-refractivity contribution in [3.05, 3.63) is 62.6 Å². The Balaban J connectivity index is 2.06. The highest BCUT2D eigenvalue weighted by Crippen LogP contribution is 2.34. The Kier molecular flexibility index (Phi) is 4.95. The number of barbiturate groups is 1. The number of amides is 4. The molecule has 0 bridgehead atoms. The van der Waals surface area contributed by atoms with Gasteiger partial charge < -0.3 is 5.11 Å². The van der Waals surface area contributed by atoms with E-state index in [1.165, 1.54) is 18.2 Å². The van der Waals surface area contributed by atoms with Crippen molar-refractivity contribution in [3.63, 3.8) is 0 Å². The van der Waals surface area contributed by atoms with Crippen molar-refractivity contribution < 1.29 is 19.5 Å². The number of phenols is 1. The van der Waals surface area contributed by atoms with Crippen molar-refractivity contribution in [1.82, 2.24) is 5.32 Å². The maximum absolute atomic E-state index is 12.8. The number of urea groups is 1. The van der Waals surface area contributed by atoms with Crippen molar-refractivity contribution >= 4 is 52.8 Å². The number of hydrogen-bond acceptors (Lipinski definition) is 4. The minimum atomic E-state index is -0.828. The number of carbonyl (C=O) groups excluding carboxylic acids is 3. The Bertz CT molecular complexity index is 1010. The number of benzene rings is 2. The molecule has 8 heteroatoms. The average molecular weight is 405 g/mol. The fraction of sp³-hybridized carbons (Fsp3) is 0.105. The van der Waals surface area contributed by atoms with Crippen LogP contribution in [0.5, 0.6) is 5.75 Å². The zero-order valence-electron chi connectivity index (χ0n) is 14.3.